The standard InChI is InChI=1S/C41H50N10/c1-39(2,31-15-13-17-35(46-31)50-37-29(27-44-50)25-42-33(48-37)23-40(3)19-9-5-6-10-20-40)32-16-14-18-36(47-32)51-38-30(28-45-51)26-43-34(49-38)24-41(4)21-11-7-8-12-22-41/h13-18,25-28H,5-12,19-24H2,1-4H3. The smallest absolute Gasteiger partial charge is 0.168 e. The van der Waals surface area contributed by atoms with Gasteiger partial charge in [-0.25, -0.2) is 29.9 Å². The van der Waals surface area contributed by atoms with Gasteiger partial charge in [0.25, 0.3) is 0 Å². The summed E-state index contributed by atoms with van der Waals surface area (Å²) in [5.41, 5.74) is 3.33. The quantitative estimate of drug-likeness (QED) is 0.146. The molecular weight excluding hydrogens is 633 g/mol. The van der Waals surface area contributed by atoms with Gasteiger partial charge >= 0.3 is 0 Å². The SMILES string of the molecule is CC1(Cc2ncc3cnn(-c4cccc(C(C)(C)c5cccc(-n6ncc7cnc(CC8(C)CCCCCC8)nc76)n5)n4)c3n2)CCCCCC1. The van der Waals surface area contributed by atoms with Gasteiger partial charge in [0.15, 0.2) is 22.9 Å². The third kappa shape index (κ3) is 6.89. The first-order valence-electron chi connectivity index (χ1n) is 19.0. The van der Waals surface area contributed by atoms with E-state index in [9.17, 15) is 0 Å². The lowest BCUT2D eigenvalue weighted by molar-refractivity contribution is 0.269. The van der Waals surface area contributed by atoms with E-state index in [-0.39, 0.29) is 10.8 Å². The summed E-state index contributed by atoms with van der Waals surface area (Å²) in [6.07, 6.45) is 24.6. The number of aromatic nitrogens is 10. The highest BCUT2D eigenvalue weighted by molar-refractivity contribution is 5.75. The lowest BCUT2D eigenvalue weighted by Crippen LogP contribution is -2.23. The van der Waals surface area contributed by atoms with E-state index in [1.807, 2.05) is 58.4 Å². The van der Waals surface area contributed by atoms with Crippen LogP contribution in [0.25, 0.3) is 33.7 Å². The normalized spacial score (nSPS) is 18.1. The average Bonchev–Trinajstić information content (AvgIpc) is 3.60. The van der Waals surface area contributed by atoms with Crippen molar-refractivity contribution in [1.29, 1.82) is 0 Å². The molecule has 2 aliphatic rings. The maximum atomic E-state index is 5.16. The van der Waals surface area contributed by atoms with Crippen molar-refractivity contribution in [3.8, 4) is 11.6 Å². The molecule has 0 aliphatic heterocycles. The van der Waals surface area contributed by atoms with Crippen LogP contribution in [0.15, 0.2) is 61.2 Å². The zero-order valence-electron chi connectivity index (χ0n) is 30.6. The molecule has 0 bridgehead atoms. The molecule has 0 unspecified atom stereocenters. The second-order valence-electron chi connectivity index (χ2n) is 16.4. The van der Waals surface area contributed by atoms with Crippen LogP contribution in [0, 0.1) is 10.8 Å². The van der Waals surface area contributed by atoms with E-state index in [1.54, 1.807) is 0 Å². The van der Waals surface area contributed by atoms with Crippen molar-refractivity contribution in [3.63, 3.8) is 0 Å². The number of nitrogens with zero attached hydrogens (tertiary/aromatic N) is 10. The molecule has 6 aromatic heterocycles. The summed E-state index contributed by atoms with van der Waals surface area (Å²) in [4.78, 5) is 30.0. The van der Waals surface area contributed by atoms with Gasteiger partial charge in [-0.15, -0.1) is 0 Å². The Morgan fingerprint density at radius 3 is 1.37 bits per heavy atom. The maximum absolute atomic E-state index is 5.16. The van der Waals surface area contributed by atoms with Gasteiger partial charge in [0.05, 0.1) is 34.6 Å². The molecule has 0 atom stereocenters. The summed E-state index contributed by atoms with van der Waals surface area (Å²) in [5, 5.41) is 11.3. The van der Waals surface area contributed by atoms with Crippen molar-refractivity contribution in [3.05, 3.63) is 84.2 Å². The van der Waals surface area contributed by atoms with Gasteiger partial charge < -0.3 is 0 Å². The van der Waals surface area contributed by atoms with Gasteiger partial charge in [-0.3, -0.25) is 0 Å². The summed E-state index contributed by atoms with van der Waals surface area (Å²) in [7, 11) is 0. The van der Waals surface area contributed by atoms with E-state index in [1.165, 1.54) is 77.0 Å². The van der Waals surface area contributed by atoms with Crippen LogP contribution in [-0.4, -0.2) is 49.5 Å². The summed E-state index contributed by atoms with van der Waals surface area (Å²) in [6.45, 7) is 9.13. The average molecular weight is 683 g/mol. The molecule has 0 radical (unpaired) electrons. The minimum absolute atomic E-state index is 0.239. The molecule has 0 amide bonds. The molecule has 2 saturated carbocycles. The Bertz CT molecular complexity index is 1990. The highest BCUT2D eigenvalue weighted by Gasteiger charge is 2.30. The predicted molar refractivity (Wildman–Crippen MR) is 200 cm³/mol. The Kier molecular flexibility index (Phi) is 8.88. The Morgan fingerprint density at radius 1 is 0.549 bits per heavy atom. The van der Waals surface area contributed by atoms with Crippen molar-refractivity contribution in [1.82, 2.24) is 49.5 Å². The van der Waals surface area contributed by atoms with Crippen molar-refractivity contribution in [2.45, 2.75) is 123 Å². The predicted octanol–water partition coefficient (Wildman–Crippen LogP) is 8.87. The monoisotopic (exact) mass is 682 g/mol. The minimum atomic E-state index is -0.514. The van der Waals surface area contributed by atoms with Gasteiger partial charge in [-0.2, -0.15) is 19.6 Å². The number of hydrogen-bond acceptors (Lipinski definition) is 8. The Balaban J connectivity index is 1.08. The maximum Gasteiger partial charge on any atom is 0.168 e. The highest BCUT2D eigenvalue weighted by Crippen LogP contribution is 2.38. The molecule has 0 N–H and O–H groups in total. The van der Waals surface area contributed by atoms with Crippen LogP contribution in [0.5, 0.6) is 0 Å². The fraction of sp³-hybridized carbons (Fsp3) is 0.512. The van der Waals surface area contributed by atoms with Crippen molar-refractivity contribution >= 4 is 22.1 Å². The second-order valence-corrected chi connectivity index (χ2v) is 16.4. The van der Waals surface area contributed by atoms with Gasteiger partial charge in [0, 0.05) is 30.7 Å². The largest absolute Gasteiger partial charge is 0.241 e. The van der Waals surface area contributed by atoms with Crippen LogP contribution in [0.4, 0.5) is 0 Å². The third-order valence-corrected chi connectivity index (χ3v) is 11.7. The zero-order valence-corrected chi connectivity index (χ0v) is 30.6. The summed E-state index contributed by atoms with van der Waals surface area (Å²) >= 11 is 0. The Hall–Kier alpha value is -4.60. The van der Waals surface area contributed by atoms with Crippen LogP contribution in [0.1, 0.15) is 128 Å². The molecule has 6 heterocycles. The lowest BCUT2D eigenvalue weighted by atomic mass is 9.79. The first-order chi connectivity index (χ1) is 24.7. The molecule has 8 rings (SSSR count). The van der Waals surface area contributed by atoms with Crippen LogP contribution in [0.2, 0.25) is 0 Å². The van der Waals surface area contributed by atoms with Gasteiger partial charge in [-0.1, -0.05) is 77.3 Å². The topological polar surface area (TPSA) is 113 Å². The van der Waals surface area contributed by atoms with E-state index in [2.05, 4.69) is 39.8 Å². The Labute approximate surface area is 300 Å². The number of rotatable bonds is 8. The van der Waals surface area contributed by atoms with Crippen molar-refractivity contribution in [2.24, 2.45) is 10.8 Å². The van der Waals surface area contributed by atoms with E-state index in [4.69, 9.17) is 40.1 Å². The van der Waals surface area contributed by atoms with Gasteiger partial charge in [-0.05, 0) is 74.6 Å². The summed E-state index contributed by atoms with van der Waals surface area (Å²) in [5.74, 6) is 3.21. The summed E-state index contributed by atoms with van der Waals surface area (Å²) in [6, 6.07) is 12.2. The van der Waals surface area contributed by atoms with Gasteiger partial charge in [0.1, 0.15) is 11.6 Å². The molecule has 10 heteroatoms. The second kappa shape index (κ2) is 13.5. The zero-order chi connectivity index (χ0) is 35.1. The molecule has 264 valence electrons. The van der Waals surface area contributed by atoms with E-state index in [0.29, 0.717) is 0 Å². The molecule has 6 aromatic rings. The number of fused-ring (bicyclic) bond motifs is 2. The minimum Gasteiger partial charge on any atom is -0.241 e. The number of pyridine rings is 2. The molecular formula is C41H50N10. The first-order valence-corrected chi connectivity index (χ1v) is 19.0. The molecule has 0 spiro atoms. The van der Waals surface area contributed by atoms with Crippen LogP contribution < -0.4 is 0 Å². The fourth-order valence-electron chi connectivity index (χ4n) is 8.40. The van der Waals surface area contributed by atoms with Crippen molar-refractivity contribution in [2.75, 3.05) is 0 Å². The van der Waals surface area contributed by atoms with Gasteiger partial charge in [0.2, 0.25) is 0 Å². The van der Waals surface area contributed by atoms with E-state index < -0.39 is 5.41 Å². The molecule has 0 saturated heterocycles. The molecule has 2 fully saturated rings. The van der Waals surface area contributed by atoms with Crippen LogP contribution >= 0.6 is 0 Å². The molecule has 2 aliphatic carbocycles. The third-order valence-electron chi connectivity index (χ3n) is 11.7. The molecule has 51 heavy (non-hydrogen) atoms. The molecule has 10 nitrogen and oxygen atoms in total. The molecule has 0 aromatic carbocycles. The van der Waals surface area contributed by atoms with Crippen molar-refractivity contribution < 1.29 is 0 Å². The number of hydrogen-bond donors (Lipinski definition) is 0. The highest BCUT2D eigenvalue weighted by atomic mass is 15.3. The first kappa shape index (κ1) is 33.5. The van der Waals surface area contributed by atoms with Crippen LogP contribution in [-0.2, 0) is 18.3 Å². The Morgan fingerprint density at radius 2 is 0.961 bits per heavy atom. The van der Waals surface area contributed by atoms with E-state index >= 15 is 0 Å². The van der Waals surface area contributed by atoms with Crippen LogP contribution in [0.3, 0.4) is 0 Å². The summed E-state index contributed by atoms with van der Waals surface area (Å²) < 4.78 is 3.70. The lowest BCUT2D eigenvalue weighted by Gasteiger charge is -2.27. The fourth-order valence-corrected chi connectivity index (χ4v) is 8.40. The van der Waals surface area contributed by atoms with E-state index in [0.717, 1.165) is 69.6 Å².